The summed E-state index contributed by atoms with van der Waals surface area (Å²) in [5.74, 6) is -0.273. The Balaban J connectivity index is 0. The minimum absolute atomic E-state index is 0.273. The van der Waals surface area contributed by atoms with E-state index < -0.39 is 0 Å². The number of hydroxylamine groups is 1. The zero-order valence-electron chi connectivity index (χ0n) is 7.25. The quantitative estimate of drug-likeness (QED) is 0.306. The first kappa shape index (κ1) is 13.9. The zero-order valence-corrected chi connectivity index (χ0v) is 7.25. The number of hydrogen-bond donors (Lipinski definition) is 4. The summed E-state index contributed by atoms with van der Waals surface area (Å²) in [7, 11) is 0. The van der Waals surface area contributed by atoms with Crippen LogP contribution in [0.1, 0.15) is 6.92 Å². The molecule has 0 aliphatic rings. The molecule has 12 heavy (non-hydrogen) atoms. The smallest absolute Gasteiger partial charge is 0.302 e. The number of hydrogen-bond acceptors (Lipinski definition) is 6. The van der Waals surface area contributed by atoms with Crippen LogP contribution in [0.5, 0.6) is 0 Å². The van der Waals surface area contributed by atoms with Crippen LogP contribution in [-0.4, -0.2) is 37.4 Å². The third-order valence-electron chi connectivity index (χ3n) is 0.679. The molecule has 0 aromatic carbocycles. The normalized spacial score (nSPS) is 8.33. The van der Waals surface area contributed by atoms with Crippen molar-refractivity contribution in [3.8, 4) is 0 Å². The first-order chi connectivity index (χ1) is 5.68. The number of nitrogens with two attached hydrogens (primary N) is 2. The minimum atomic E-state index is -0.273. The summed E-state index contributed by atoms with van der Waals surface area (Å²) in [5.41, 5.74) is 11.8. The molecule has 0 spiro atoms. The van der Waals surface area contributed by atoms with Crippen LogP contribution in [0.25, 0.3) is 0 Å². The maximum Gasteiger partial charge on any atom is 0.302 e. The van der Waals surface area contributed by atoms with E-state index in [9.17, 15) is 4.79 Å². The van der Waals surface area contributed by atoms with Crippen LogP contribution in [0.4, 0.5) is 0 Å². The molecule has 0 aliphatic heterocycles. The van der Waals surface area contributed by atoms with Gasteiger partial charge in [0.15, 0.2) is 0 Å². The molecule has 0 radical (unpaired) electrons. The molecule has 0 rings (SSSR count). The molecule has 0 saturated carbocycles. The average Bonchev–Trinajstić information content (AvgIpc) is 2.03. The Bertz CT molecular complexity index is 98.0. The van der Waals surface area contributed by atoms with Crippen molar-refractivity contribution in [2.75, 3.05) is 26.2 Å². The monoisotopic (exact) mass is 179 g/mol. The molecule has 6 nitrogen and oxygen atoms in total. The van der Waals surface area contributed by atoms with Crippen molar-refractivity contribution in [1.82, 2.24) is 5.48 Å². The van der Waals surface area contributed by atoms with Gasteiger partial charge in [-0.15, -0.1) is 0 Å². The van der Waals surface area contributed by atoms with Crippen LogP contribution in [0.15, 0.2) is 0 Å². The molecule has 0 unspecified atom stereocenters. The van der Waals surface area contributed by atoms with Crippen molar-refractivity contribution in [3.05, 3.63) is 0 Å². The van der Waals surface area contributed by atoms with Gasteiger partial charge in [-0.1, -0.05) is 0 Å². The van der Waals surface area contributed by atoms with Crippen LogP contribution in [-0.2, 0) is 9.53 Å². The lowest BCUT2D eigenvalue weighted by atomic mass is 10.7. The fourth-order valence-electron chi connectivity index (χ4n) is 0.267. The molecule has 6 N–H and O–H groups in total. The van der Waals surface area contributed by atoms with Crippen molar-refractivity contribution >= 4 is 5.97 Å². The van der Waals surface area contributed by atoms with Gasteiger partial charge in [0, 0.05) is 26.6 Å². The van der Waals surface area contributed by atoms with Gasteiger partial charge >= 0.3 is 5.97 Å². The first-order valence-electron chi connectivity index (χ1n) is 3.59. The Kier molecular flexibility index (Phi) is 15.0. The summed E-state index contributed by atoms with van der Waals surface area (Å²) in [6.45, 7) is 3.04. The van der Waals surface area contributed by atoms with E-state index in [-0.39, 0.29) is 5.97 Å². The van der Waals surface area contributed by atoms with E-state index in [1.54, 1.807) is 0 Å². The summed E-state index contributed by atoms with van der Waals surface area (Å²) < 4.78 is 4.43. The summed E-state index contributed by atoms with van der Waals surface area (Å²) in [5, 5.41) is 7.74. The van der Waals surface area contributed by atoms with Gasteiger partial charge < -0.3 is 21.4 Å². The Labute approximate surface area is 71.8 Å². The number of nitrogens with one attached hydrogen (secondary N) is 1. The molecule has 0 atom stereocenters. The first-order valence-corrected chi connectivity index (χ1v) is 3.59. The van der Waals surface area contributed by atoms with Gasteiger partial charge in [-0.05, 0) is 0 Å². The van der Waals surface area contributed by atoms with Crippen molar-refractivity contribution in [2.45, 2.75) is 6.92 Å². The number of rotatable bonds is 4. The molecule has 0 amide bonds. The van der Waals surface area contributed by atoms with E-state index in [0.717, 1.165) is 0 Å². The van der Waals surface area contributed by atoms with E-state index in [2.05, 4.69) is 4.74 Å². The van der Waals surface area contributed by atoms with Gasteiger partial charge in [0.1, 0.15) is 6.61 Å². The lowest BCUT2D eigenvalue weighted by Crippen LogP contribution is -2.17. The lowest BCUT2D eigenvalue weighted by Gasteiger charge is -1.93. The minimum Gasteiger partial charge on any atom is -0.465 e. The van der Waals surface area contributed by atoms with Crippen molar-refractivity contribution in [2.24, 2.45) is 11.5 Å². The van der Waals surface area contributed by atoms with Gasteiger partial charge in [0.2, 0.25) is 0 Å². The van der Waals surface area contributed by atoms with E-state index in [4.69, 9.17) is 16.7 Å². The molecule has 0 saturated heterocycles. The summed E-state index contributed by atoms with van der Waals surface area (Å²) in [4.78, 5) is 9.92. The standard InChI is InChI=1S/C4H9NO2.C2H8N2O/c1-4(6)7-3-2-5;3-1-2-4-5/h2-3,5H2,1H3;4-5H,1-3H2. The Morgan fingerprint density at radius 3 is 2.17 bits per heavy atom. The van der Waals surface area contributed by atoms with Crippen LogP contribution >= 0.6 is 0 Å². The molecule has 0 bridgehead atoms. The predicted molar refractivity (Wildman–Crippen MR) is 44.5 cm³/mol. The topological polar surface area (TPSA) is 111 Å². The van der Waals surface area contributed by atoms with Gasteiger partial charge in [0.25, 0.3) is 0 Å². The van der Waals surface area contributed by atoms with Gasteiger partial charge in [-0.2, -0.15) is 0 Å². The summed E-state index contributed by atoms with van der Waals surface area (Å²) in [6.07, 6.45) is 0. The molecular weight excluding hydrogens is 162 g/mol. The zero-order chi connectivity index (χ0) is 9.82. The second-order valence-electron chi connectivity index (χ2n) is 1.83. The fourth-order valence-corrected chi connectivity index (χ4v) is 0.267. The van der Waals surface area contributed by atoms with Gasteiger partial charge in [0.05, 0.1) is 0 Å². The van der Waals surface area contributed by atoms with E-state index >= 15 is 0 Å². The fraction of sp³-hybridized carbons (Fsp3) is 0.833. The molecule has 6 heteroatoms. The second kappa shape index (κ2) is 12.9. The maximum atomic E-state index is 9.92. The third kappa shape index (κ3) is 22.8. The molecule has 0 heterocycles. The van der Waals surface area contributed by atoms with Gasteiger partial charge in [-0.25, -0.2) is 5.48 Å². The van der Waals surface area contributed by atoms with Crippen molar-refractivity contribution in [3.63, 3.8) is 0 Å². The van der Waals surface area contributed by atoms with Crippen molar-refractivity contribution < 1.29 is 14.7 Å². The highest BCUT2D eigenvalue weighted by atomic mass is 16.5. The highest BCUT2D eigenvalue weighted by Gasteiger charge is 1.85. The summed E-state index contributed by atoms with van der Waals surface area (Å²) >= 11 is 0. The molecule has 0 aromatic heterocycles. The van der Waals surface area contributed by atoms with Crippen LogP contribution in [0.2, 0.25) is 0 Å². The number of esters is 1. The van der Waals surface area contributed by atoms with Crippen LogP contribution < -0.4 is 16.9 Å². The second-order valence-corrected chi connectivity index (χ2v) is 1.83. The average molecular weight is 179 g/mol. The Hall–Kier alpha value is -0.690. The SMILES string of the molecule is CC(=O)OCCN.NCCNO. The van der Waals surface area contributed by atoms with Crippen LogP contribution in [0, 0.1) is 0 Å². The van der Waals surface area contributed by atoms with E-state index in [0.29, 0.717) is 26.2 Å². The maximum absolute atomic E-state index is 9.92. The van der Waals surface area contributed by atoms with Gasteiger partial charge in [-0.3, -0.25) is 4.79 Å². The highest BCUT2D eigenvalue weighted by Crippen LogP contribution is 1.69. The number of carbonyl (C=O) groups excluding carboxylic acids is 1. The summed E-state index contributed by atoms with van der Waals surface area (Å²) in [6, 6.07) is 0. The lowest BCUT2D eigenvalue weighted by molar-refractivity contribution is -0.140. The largest absolute Gasteiger partial charge is 0.465 e. The number of carbonyl (C=O) groups is 1. The molecular formula is C6H17N3O3. The molecule has 0 aliphatic carbocycles. The third-order valence-corrected chi connectivity index (χ3v) is 0.679. The molecule has 0 fully saturated rings. The predicted octanol–water partition coefficient (Wildman–Crippen LogP) is -1.57. The van der Waals surface area contributed by atoms with E-state index in [1.165, 1.54) is 6.92 Å². The Morgan fingerprint density at radius 2 is 2.08 bits per heavy atom. The highest BCUT2D eigenvalue weighted by molar-refractivity contribution is 5.65. The molecule has 0 aromatic rings. The van der Waals surface area contributed by atoms with Crippen LogP contribution in [0.3, 0.4) is 0 Å². The van der Waals surface area contributed by atoms with Crippen molar-refractivity contribution in [1.29, 1.82) is 0 Å². The van der Waals surface area contributed by atoms with E-state index in [1.807, 2.05) is 5.48 Å². The Morgan fingerprint density at radius 1 is 1.50 bits per heavy atom. The molecule has 74 valence electrons. The number of ether oxygens (including phenoxy) is 1.